The molecule has 0 fully saturated rings. The lowest BCUT2D eigenvalue weighted by molar-refractivity contribution is -0.870. The van der Waals surface area contributed by atoms with E-state index < -0.39 is 20.0 Å². The summed E-state index contributed by atoms with van der Waals surface area (Å²) in [5.41, 5.74) is 0. The van der Waals surface area contributed by atoms with Crippen LogP contribution in [-0.4, -0.2) is 73.4 Å². The van der Waals surface area contributed by atoms with Crippen LogP contribution in [0.5, 0.6) is 0 Å². The first-order valence-corrected chi connectivity index (χ1v) is 25.6. The van der Waals surface area contributed by atoms with Crippen molar-refractivity contribution in [2.24, 2.45) is 0 Å². The largest absolute Gasteiger partial charge is 0.472 e. The van der Waals surface area contributed by atoms with Crippen LogP contribution in [0.1, 0.15) is 174 Å². The van der Waals surface area contributed by atoms with Crippen LogP contribution in [0.2, 0.25) is 0 Å². The SMILES string of the molecule is CC/C=C\C/C=C\C/C=C\C/C=C\C/C=C\C/C=C\C/C=C\CCCCCCCC(=O)NC(COP(=O)(O)OCC[N+](C)(C)C)C(O)/C=C/CCCCCCCCCCCC. The van der Waals surface area contributed by atoms with Crippen LogP contribution >= 0.6 is 7.82 Å². The topological polar surface area (TPSA) is 105 Å². The molecule has 8 nitrogen and oxygen atoms in total. The molecule has 0 aliphatic heterocycles. The monoisotopic (exact) mass is 872 g/mol. The van der Waals surface area contributed by atoms with Gasteiger partial charge in [0.15, 0.2) is 0 Å². The number of likely N-dealkylation sites (N-methyl/N-ethyl adjacent to an activating group) is 1. The summed E-state index contributed by atoms with van der Waals surface area (Å²) in [4.78, 5) is 23.1. The lowest BCUT2D eigenvalue weighted by Crippen LogP contribution is -2.45. The van der Waals surface area contributed by atoms with Crippen LogP contribution < -0.4 is 5.32 Å². The second-order valence-electron chi connectivity index (χ2n) is 17.1. The summed E-state index contributed by atoms with van der Waals surface area (Å²) >= 11 is 0. The molecule has 0 aromatic heterocycles. The van der Waals surface area contributed by atoms with Crippen molar-refractivity contribution >= 4 is 13.7 Å². The minimum atomic E-state index is -4.35. The zero-order chi connectivity index (χ0) is 45.0. The van der Waals surface area contributed by atoms with E-state index in [1.165, 1.54) is 51.4 Å². The Bertz CT molecular complexity index is 1310. The van der Waals surface area contributed by atoms with Crippen molar-refractivity contribution in [1.82, 2.24) is 5.32 Å². The lowest BCUT2D eigenvalue weighted by Gasteiger charge is -2.25. The van der Waals surface area contributed by atoms with Crippen molar-refractivity contribution in [3.8, 4) is 0 Å². The third kappa shape index (κ3) is 45.3. The maximum Gasteiger partial charge on any atom is 0.472 e. The second kappa shape index (κ2) is 42.7. The Balaban J connectivity index is 4.35. The molecule has 0 bridgehead atoms. The molecule has 0 rings (SSSR count). The molecule has 1 amide bonds. The van der Waals surface area contributed by atoms with Gasteiger partial charge in [-0.05, 0) is 77.0 Å². The van der Waals surface area contributed by atoms with E-state index in [2.05, 4.69) is 104 Å². The first-order chi connectivity index (χ1) is 29.5. The third-order valence-electron chi connectivity index (χ3n) is 10.1. The van der Waals surface area contributed by atoms with Gasteiger partial charge in [0.05, 0.1) is 39.9 Å². The van der Waals surface area contributed by atoms with Gasteiger partial charge in [-0.15, -0.1) is 0 Å². The fourth-order valence-electron chi connectivity index (χ4n) is 6.25. The number of hydrogen-bond acceptors (Lipinski definition) is 5. The molecule has 0 aromatic rings. The fourth-order valence-corrected chi connectivity index (χ4v) is 6.99. The molecule has 9 heteroatoms. The van der Waals surface area contributed by atoms with Gasteiger partial charge in [-0.2, -0.15) is 0 Å². The Hall–Kier alpha value is -2.58. The molecule has 350 valence electrons. The number of phosphoric ester groups is 1. The number of carbonyl (C=O) groups is 1. The van der Waals surface area contributed by atoms with Gasteiger partial charge in [-0.3, -0.25) is 13.8 Å². The summed E-state index contributed by atoms with van der Waals surface area (Å²) in [6, 6.07) is -0.862. The highest BCUT2D eigenvalue weighted by Gasteiger charge is 2.27. The van der Waals surface area contributed by atoms with Crippen LogP contribution in [0.25, 0.3) is 0 Å². The Morgan fingerprint density at radius 2 is 0.984 bits per heavy atom. The predicted octanol–water partition coefficient (Wildman–Crippen LogP) is 13.9. The number of phosphoric acid groups is 1. The van der Waals surface area contributed by atoms with Crippen molar-refractivity contribution < 1.29 is 32.9 Å². The maximum atomic E-state index is 12.9. The van der Waals surface area contributed by atoms with Crippen molar-refractivity contribution in [3.05, 3.63) is 97.2 Å². The van der Waals surface area contributed by atoms with Gasteiger partial charge in [0.25, 0.3) is 0 Å². The molecule has 0 spiro atoms. The number of rotatable bonds is 42. The van der Waals surface area contributed by atoms with Gasteiger partial charge < -0.3 is 19.8 Å². The average Bonchev–Trinajstić information content (AvgIpc) is 3.21. The number of amides is 1. The van der Waals surface area contributed by atoms with Crippen molar-refractivity contribution in [1.29, 1.82) is 0 Å². The van der Waals surface area contributed by atoms with Crippen LogP contribution in [0.15, 0.2) is 97.2 Å². The predicted molar refractivity (Wildman–Crippen MR) is 262 cm³/mol. The molecule has 0 saturated heterocycles. The molecule has 0 saturated carbocycles. The Morgan fingerprint density at radius 3 is 1.44 bits per heavy atom. The van der Waals surface area contributed by atoms with Crippen LogP contribution in [-0.2, 0) is 18.4 Å². The quantitative estimate of drug-likeness (QED) is 0.0244. The van der Waals surface area contributed by atoms with Gasteiger partial charge in [-0.1, -0.05) is 188 Å². The van der Waals surface area contributed by atoms with Crippen LogP contribution in [0, 0.1) is 0 Å². The summed E-state index contributed by atoms with van der Waals surface area (Å²) < 4.78 is 23.6. The fraction of sp³-hybridized carbons (Fsp3) is 0.673. The van der Waals surface area contributed by atoms with E-state index in [9.17, 15) is 19.4 Å². The van der Waals surface area contributed by atoms with Crippen LogP contribution in [0.4, 0.5) is 0 Å². The zero-order valence-electron chi connectivity index (χ0n) is 39.6. The Kier molecular flexibility index (Phi) is 40.9. The van der Waals surface area contributed by atoms with Gasteiger partial charge in [0, 0.05) is 6.42 Å². The Morgan fingerprint density at radius 1 is 0.574 bits per heavy atom. The van der Waals surface area contributed by atoms with E-state index in [4.69, 9.17) is 9.05 Å². The normalized spacial score (nSPS) is 15.1. The number of aliphatic hydroxyl groups is 1. The van der Waals surface area contributed by atoms with Gasteiger partial charge >= 0.3 is 7.82 Å². The average molecular weight is 872 g/mol. The van der Waals surface area contributed by atoms with E-state index in [-0.39, 0.29) is 19.1 Å². The molecule has 0 aromatic carbocycles. The minimum absolute atomic E-state index is 0.0518. The van der Waals surface area contributed by atoms with Crippen molar-refractivity contribution in [3.63, 3.8) is 0 Å². The summed E-state index contributed by atoms with van der Waals surface area (Å²) in [5, 5.41) is 13.8. The van der Waals surface area contributed by atoms with E-state index in [0.29, 0.717) is 17.4 Å². The highest BCUT2D eigenvalue weighted by atomic mass is 31.2. The summed E-state index contributed by atoms with van der Waals surface area (Å²) in [5.74, 6) is -0.202. The number of carbonyl (C=O) groups excluding carboxylic acids is 1. The summed E-state index contributed by atoms with van der Waals surface area (Å²) in [6.07, 6.45) is 60.5. The molecule has 3 atom stereocenters. The first kappa shape index (κ1) is 58.4. The van der Waals surface area contributed by atoms with Gasteiger partial charge in [-0.25, -0.2) is 4.57 Å². The number of nitrogens with one attached hydrogen (secondary N) is 1. The lowest BCUT2D eigenvalue weighted by atomic mass is 10.1. The van der Waals surface area contributed by atoms with E-state index >= 15 is 0 Å². The van der Waals surface area contributed by atoms with E-state index in [1.54, 1.807) is 6.08 Å². The zero-order valence-corrected chi connectivity index (χ0v) is 40.5. The van der Waals surface area contributed by atoms with E-state index in [0.717, 1.165) is 103 Å². The molecular weight excluding hydrogens is 780 g/mol. The maximum absolute atomic E-state index is 12.9. The minimum Gasteiger partial charge on any atom is -0.387 e. The first-order valence-electron chi connectivity index (χ1n) is 24.1. The van der Waals surface area contributed by atoms with Crippen LogP contribution in [0.3, 0.4) is 0 Å². The molecule has 3 unspecified atom stereocenters. The summed E-state index contributed by atoms with van der Waals surface area (Å²) in [6.45, 7) is 4.65. The number of quaternary nitrogens is 1. The molecule has 0 aliphatic carbocycles. The van der Waals surface area contributed by atoms with Crippen molar-refractivity contribution in [2.75, 3.05) is 40.9 Å². The number of unbranched alkanes of at least 4 members (excludes halogenated alkanes) is 15. The number of aliphatic hydroxyl groups excluding tert-OH is 1. The Labute approximate surface area is 375 Å². The smallest absolute Gasteiger partial charge is 0.387 e. The molecule has 0 heterocycles. The standard InChI is InChI=1S/C52H91N2O6P/c1-6-8-10-12-14-16-18-20-21-22-23-24-25-26-27-28-29-30-31-32-33-34-36-38-40-42-44-46-52(56)53-50(49-60-61(57,58)59-48-47-54(3,4)5)51(55)45-43-41-39-37-35-19-17-15-13-11-9-7-2/h8,10,14,16,20-21,23-24,26-27,29-30,32-33,43,45,50-51,55H,6-7,9,11-13,15,17-19,22,25,28,31,34-42,44,46-49H2,1-5H3,(H-,53,56,57,58)/p+1/b10-8-,16-14-,21-20-,24-23-,27-26-,30-29-,33-32-,45-43+. The molecule has 3 N–H and O–H groups in total. The number of allylic oxidation sites excluding steroid dienone is 15. The number of hydrogen-bond donors (Lipinski definition) is 3. The van der Waals surface area contributed by atoms with Gasteiger partial charge in [0.1, 0.15) is 13.2 Å². The molecule has 0 aliphatic rings. The second-order valence-corrected chi connectivity index (χ2v) is 18.6. The van der Waals surface area contributed by atoms with Gasteiger partial charge in [0.2, 0.25) is 5.91 Å². The molecule has 0 radical (unpaired) electrons. The molecule has 61 heavy (non-hydrogen) atoms. The highest BCUT2D eigenvalue weighted by Crippen LogP contribution is 2.43. The van der Waals surface area contributed by atoms with Crippen molar-refractivity contribution in [2.45, 2.75) is 187 Å². The summed E-state index contributed by atoms with van der Waals surface area (Å²) in [7, 11) is 1.54. The van der Waals surface area contributed by atoms with E-state index in [1.807, 2.05) is 27.2 Å². The number of nitrogens with zero attached hydrogens (tertiary/aromatic N) is 1. The highest BCUT2D eigenvalue weighted by molar-refractivity contribution is 7.47. The third-order valence-corrected chi connectivity index (χ3v) is 11.0. The molecular formula is C52H92N2O6P+.